The van der Waals surface area contributed by atoms with Crippen LogP contribution in [-0.4, -0.2) is 48.7 Å². The van der Waals surface area contributed by atoms with E-state index in [9.17, 15) is 14.4 Å². The van der Waals surface area contributed by atoms with Gasteiger partial charge in [-0.25, -0.2) is 0 Å². The minimum atomic E-state index is -0.689. The van der Waals surface area contributed by atoms with Crippen LogP contribution in [0.1, 0.15) is 20.7 Å². The molecule has 0 saturated heterocycles. The predicted octanol–water partition coefficient (Wildman–Crippen LogP) is 0.546. The molecule has 0 aliphatic heterocycles. The molecule has 0 spiro atoms. The first-order valence-corrected chi connectivity index (χ1v) is 6.12. The zero-order chi connectivity index (χ0) is 15.7. The Morgan fingerprint density at radius 2 is 1.86 bits per heavy atom. The molecule has 2 amide bonds. The molecule has 0 aliphatic carbocycles. The van der Waals surface area contributed by atoms with E-state index in [1.54, 1.807) is 0 Å². The number of hydrogen-bond acceptors (Lipinski definition) is 4. The third kappa shape index (κ3) is 2.33. The number of ether oxygens (including phenoxy) is 1. The molecule has 1 heterocycles. The summed E-state index contributed by atoms with van der Waals surface area (Å²) in [7, 11) is 4.41. The Kier molecular flexibility index (Phi) is 3.66. The number of amides is 2. The van der Waals surface area contributed by atoms with Crippen LogP contribution in [0.3, 0.4) is 0 Å². The Bertz CT molecular complexity index is 746. The standard InChI is InChI=1S/C14H15N3O4/c1-17(2)14(20)12(18)8-6-16-11-7(13(15)19)4-5-9(21-3)10(8)11/h4-6,16H,1-3H3,(H2,15,19). The molecule has 2 aromatic rings. The van der Waals surface area contributed by atoms with Crippen molar-refractivity contribution in [2.24, 2.45) is 5.73 Å². The fourth-order valence-electron chi connectivity index (χ4n) is 2.09. The number of hydrogen-bond donors (Lipinski definition) is 2. The molecule has 3 N–H and O–H groups in total. The number of fused-ring (bicyclic) bond motifs is 1. The highest BCUT2D eigenvalue weighted by atomic mass is 16.5. The summed E-state index contributed by atoms with van der Waals surface area (Å²) in [4.78, 5) is 39.5. The number of methoxy groups -OCH3 is 1. The zero-order valence-corrected chi connectivity index (χ0v) is 11.9. The van der Waals surface area contributed by atoms with Crippen LogP contribution in [0.4, 0.5) is 0 Å². The van der Waals surface area contributed by atoms with E-state index in [1.165, 1.54) is 44.4 Å². The lowest BCUT2D eigenvalue weighted by molar-refractivity contribution is -0.124. The van der Waals surface area contributed by atoms with Gasteiger partial charge >= 0.3 is 0 Å². The number of carbonyl (C=O) groups is 3. The van der Waals surface area contributed by atoms with Crippen LogP contribution < -0.4 is 10.5 Å². The molecule has 0 fully saturated rings. The summed E-state index contributed by atoms with van der Waals surface area (Å²) >= 11 is 0. The van der Waals surface area contributed by atoms with Crippen molar-refractivity contribution in [3.8, 4) is 5.75 Å². The van der Waals surface area contributed by atoms with Crippen LogP contribution in [-0.2, 0) is 4.79 Å². The summed E-state index contributed by atoms with van der Waals surface area (Å²) in [6.07, 6.45) is 1.38. The van der Waals surface area contributed by atoms with Crippen molar-refractivity contribution in [1.82, 2.24) is 9.88 Å². The van der Waals surface area contributed by atoms with Crippen molar-refractivity contribution in [3.63, 3.8) is 0 Å². The number of nitrogens with two attached hydrogens (primary N) is 1. The second-order valence-electron chi connectivity index (χ2n) is 4.66. The van der Waals surface area contributed by atoms with Gasteiger partial charge in [-0.2, -0.15) is 0 Å². The highest BCUT2D eigenvalue weighted by Gasteiger charge is 2.25. The molecule has 0 aliphatic rings. The first-order chi connectivity index (χ1) is 9.88. The number of primary amides is 1. The molecular formula is C14H15N3O4. The molecular weight excluding hydrogens is 274 g/mol. The number of carbonyl (C=O) groups excluding carboxylic acids is 3. The van der Waals surface area contributed by atoms with Crippen LogP contribution in [0.5, 0.6) is 5.75 Å². The average Bonchev–Trinajstić information content (AvgIpc) is 2.89. The molecule has 0 atom stereocenters. The van der Waals surface area contributed by atoms with Gasteiger partial charge < -0.3 is 20.4 Å². The van der Waals surface area contributed by atoms with Crippen LogP contribution >= 0.6 is 0 Å². The van der Waals surface area contributed by atoms with Gasteiger partial charge in [0.15, 0.2) is 0 Å². The Hall–Kier alpha value is -2.83. The Labute approximate surface area is 120 Å². The third-order valence-electron chi connectivity index (χ3n) is 3.13. The monoisotopic (exact) mass is 289 g/mol. The lowest BCUT2D eigenvalue weighted by Crippen LogP contribution is -2.29. The summed E-state index contributed by atoms with van der Waals surface area (Å²) in [6.45, 7) is 0. The first-order valence-electron chi connectivity index (χ1n) is 6.12. The highest BCUT2D eigenvalue weighted by Crippen LogP contribution is 2.31. The molecule has 0 unspecified atom stereocenters. The quantitative estimate of drug-likeness (QED) is 0.633. The van der Waals surface area contributed by atoms with Crippen LogP contribution in [0.15, 0.2) is 18.3 Å². The maximum absolute atomic E-state index is 12.2. The van der Waals surface area contributed by atoms with Crippen molar-refractivity contribution in [3.05, 3.63) is 29.5 Å². The first kappa shape index (κ1) is 14.6. The fourth-order valence-corrected chi connectivity index (χ4v) is 2.09. The van der Waals surface area contributed by atoms with Gasteiger partial charge in [-0.3, -0.25) is 14.4 Å². The summed E-state index contributed by atoms with van der Waals surface area (Å²) in [5.41, 5.74) is 6.04. The topological polar surface area (TPSA) is 105 Å². The van der Waals surface area contributed by atoms with Gasteiger partial charge in [-0.05, 0) is 12.1 Å². The van der Waals surface area contributed by atoms with Crippen LogP contribution in [0.25, 0.3) is 10.9 Å². The second-order valence-corrected chi connectivity index (χ2v) is 4.66. The number of aromatic amines is 1. The lowest BCUT2D eigenvalue weighted by atomic mass is 10.0. The number of ketones is 1. The lowest BCUT2D eigenvalue weighted by Gasteiger charge is -2.09. The van der Waals surface area contributed by atoms with Crippen molar-refractivity contribution < 1.29 is 19.1 Å². The number of aromatic nitrogens is 1. The van der Waals surface area contributed by atoms with E-state index in [0.717, 1.165) is 0 Å². The van der Waals surface area contributed by atoms with E-state index in [-0.39, 0.29) is 11.1 Å². The molecule has 1 aromatic carbocycles. The highest BCUT2D eigenvalue weighted by molar-refractivity contribution is 6.45. The molecule has 7 heteroatoms. The summed E-state index contributed by atoms with van der Waals surface area (Å²) < 4.78 is 5.20. The fraction of sp³-hybridized carbons (Fsp3) is 0.214. The number of benzene rings is 1. The van der Waals surface area contributed by atoms with E-state index in [1.807, 2.05) is 0 Å². The smallest absolute Gasteiger partial charge is 0.294 e. The SMILES string of the molecule is COc1ccc(C(N)=O)c2[nH]cc(C(=O)C(=O)N(C)C)c12. The van der Waals surface area contributed by atoms with E-state index >= 15 is 0 Å². The largest absolute Gasteiger partial charge is 0.496 e. The van der Waals surface area contributed by atoms with Crippen LogP contribution in [0, 0.1) is 0 Å². The number of likely N-dealkylation sites (N-methyl/N-ethyl adjacent to an activating group) is 1. The van der Waals surface area contributed by atoms with E-state index < -0.39 is 17.6 Å². The van der Waals surface area contributed by atoms with Gasteiger partial charge in [0.1, 0.15) is 5.75 Å². The van der Waals surface area contributed by atoms with Gasteiger partial charge in [-0.15, -0.1) is 0 Å². The number of Topliss-reactive ketones (excluding diaryl/α,β-unsaturated/α-hetero) is 1. The molecule has 110 valence electrons. The van der Waals surface area contributed by atoms with E-state index in [4.69, 9.17) is 10.5 Å². The van der Waals surface area contributed by atoms with Crippen molar-refractivity contribution in [2.45, 2.75) is 0 Å². The molecule has 0 saturated carbocycles. The van der Waals surface area contributed by atoms with Gasteiger partial charge in [0.2, 0.25) is 0 Å². The maximum atomic E-state index is 12.2. The van der Waals surface area contributed by atoms with Gasteiger partial charge in [0, 0.05) is 20.3 Å². The number of nitrogens with zero attached hydrogens (tertiary/aromatic N) is 1. The zero-order valence-electron chi connectivity index (χ0n) is 11.9. The number of rotatable bonds is 4. The van der Waals surface area contributed by atoms with Gasteiger partial charge in [0.25, 0.3) is 17.6 Å². The van der Waals surface area contributed by atoms with Gasteiger partial charge in [0.05, 0.1) is 29.1 Å². The van der Waals surface area contributed by atoms with Crippen molar-refractivity contribution >= 4 is 28.5 Å². The number of nitrogens with one attached hydrogen (secondary N) is 1. The van der Waals surface area contributed by atoms with E-state index in [0.29, 0.717) is 16.7 Å². The minimum Gasteiger partial charge on any atom is -0.496 e. The Morgan fingerprint density at radius 3 is 2.38 bits per heavy atom. The Balaban J connectivity index is 2.72. The molecule has 0 radical (unpaired) electrons. The average molecular weight is 289 g/mol. The molecule has 7 nitrogen and oxygen atoms in total. The third-order valence-corrected chi connectivity index (χ3v) is 3.13. The summed E-state index contributed by atoms with van der Waals surface area (Å²) in [5.74, 6) is -1.61. The molecule has 2 rings (SSSR count). The molecule has 0 bridgehead atoms. The second kappa shape index (κ2) is 5.28. The predicted molar refractivity (Wildman–Crippen MR) is 76.4 cm³/mol. The minimum absolute atomic E-state index is 0.142. The van der Waals surface area contributed by atoms with Crippen molar-refractivity contribution in [2.75, 3.05) is 21.2 Å². The molecule has 1 aromatic heterocycles. The van der Waals surface area contributed by atoms with Crippen molar-refractivity contribution in [1.29, 1.82) is 0 Å². The van der Waals surface area contributed by atoms with Gasteiger partial charge in [-0.1, -0.05) is 0 Å². The Morgan fingerprint density at radius 1 is 1.19 bits per heavy atom. The number of H-pyrrole nitrogens is 1. The molecule has 21 heavy (non-hydrogen) atoms. The maximum Gasteiger partial charge on any atom is 0.294 e. The normalized spacial score (nSPS) is 10.4. The van der Waals surface area contributed by atoms with E-state index in [2.05, 4.69) is 4.98 Å². The summed E-state index contributed by atoms with van der Waals surface area (Å²) in [5, 5.41) is 0.369. The van der Waals surface area contributed by atoms with Crippen LogP contribution in [0.2, 0.25) is 0 Å². The summed E-state index contributed by atoms with van der Waals surface area (Å²) in [6, 6.07) is 3.04.